The van der Waals surface area contributed by atoms with Crippen LogP contribution in [0.25, 0.3) is 10.2 Å². The number of halogens is 2. The van der Waals surface area contributed by atoms with E-state index in [0.717, 1.165) is 43.4 Å². The number of hydrogen-bond donors (Lipinski definition) is 2. The molecule has 0 spiro atoms. The molecular formula is C28H31Cl2N5O3S2. The topological polar surface area (TPSA) is 94.6 Å². The van der Waals surface area contributed by atoms with Crippen LogP contribution in [0.1, 0.15) is 21.5 Å². The summed E-state index contributed by atoms with van der Waals surface area (Å²) in [6.45, 7) is 9.05. The number of carbonyl (C=O) groups is 1. The Hall–Kier alpha value is -2.89. The van der Waals surface area contributed by atoms with Crippen molar-refractivity contribution in [1.82, 2.24) is 15.2 Å². The Balaban J connectivity index is 0.00000370. The highest BCUT2D eigenvalue weighted by atomic mass is 35.5. The van der Waals surface area contributed by atoms with Gasteiger partial charge in [0.25, 0.3) is 15.9 Å². The van der Waals surface area contributed by atoms with Crippen molar-refractivity contribution in [3.8, 4) is 0 Å². The molecule has 0 saturated carbocycles. The Morgan fingerprint density at radius 2 is 1.75 bits per heavy atom. The van der Waals surface area contributed by atoms with Crippen molar-refractivity contribution in [2.75, 3.05) is 48.9 Å². The molecule has 0 bridgehead atoms. The average molecular weight is 621 g/mol. The van der Waals surface area contributed by atoms with Crippen LogP contribution in [0.3, 0.4) is 0 Å². The van der Waals surface area contributed by atoms with Gasteiger partial charge in [0.1, 0.15) is 0 Å². The van der Waals surface area contributed by atoms with E-state index in [1.165, 1.54) is 46.2 Å². The Bertz CT molecular complexity index is 1600. The van der Waals surface area contributed by atoms with E-state index in [9.17, 15) is 13.2 Å². The summed E-state index contributed by atoms with van der Waals surface area (Å²) in [4.78, 5) is 22.4. The Morgan fingerprint density at radius 1 is 1.02 bits per heavy atom. The van der Waals surface area contributed by atoms with Crippen LogP contribution in [0.5, 0.6) is 0 Å². The molecule has 1 fully saturated rings. The predicted octanol–water partition coefficient (Wildman–Crippen LogP) is 5.34. The molecule has 2 heterocycles. The minimum atomic E-state index is -3.80. The lowest BCUT2D eigenvalue weighted by Gasteiger charge is -2.34. The summed E-state index contributed by atoms with van der Waals surface area (Å²) in [5.41, 5.74) is 4.27. The highest BCUT2D eigenvalue weighted by Gasteiger charge is 2.21. The van der Waals surface area contributed by atoms with Gasteiger partial charge in [-0.05, 0) is 73.5 Å². The summed E-state index contributed by atoms with van der Waals surface area (Å²) >= 11 is 7.61. The van der Waals surface area contributed by atoms with Crippen molar-refractivity contribution < 1.29 is 13.2 Å². The lowest BCUT2D eigenvalue weighted by molar-refractivity contribution is 0.0948. The van der Waals surface area contributed by atoms with E-state index < -0.39 is 10.0 Å². The van der Waals surface area contributed by atoms with E-state index in [1.54, 1.807) is 29.5 Å². The molecular weight excluding hydrogens is 589 g/mol. The molecule has 0 aliphatic carbocycles. The van der Waals surface area contributed by atoms with Gasteiger partial charge in [-0.15, -0.1) is 12.4 Å². The maximum Gasteiger partial charge on any atom is 0.261 e. The van der Waals surface area contributed by atoms with E-state index in [-0.39, 0.29) is 23.2 Å². The molecule has 0 unspecified atom stereocenters. The fraction of sp³-hybridized carbons (Fsp3) is 0.286. The minimum Gasteiger partial charge on any atom is -0.351 e. The van der Waals surface area contributed by atoms with E-state index in [1.807, 2.05) is 0 Å². The van der Waals surface area contributed by atoms with Crippen molar-refractivity contribution in [2.24, 2.45) is 0 Å². The van der Waals surface area contributed by atoms with Gasteiger partial charge in [-0.3, -0.25) is 14.4 Å². The van der Waals surface area contributed by atoms with Crippen molar-refractivity contribution in [3.63, 3.8) is 0 Å². The predicted molar refractivity (Wildman–Crippen MR) is 166 cm³/mol. The number of anilines is 2. The molecule has 1 aromatic heterocycles. The zero-order valence-corrected chi connectivity index (χ0v) is 25.4. The number of aryl methyl sites for hydroxylation is 2. The molecule has 12 heteroatoms. The maximum atomic E-state index is 12.7. The van der Waals surface area contributed by atoms with E-state index in [0.29, 0.717) is 22.8 Å². The first-order chi connectivity index (χ1) is 18.7. The van der Waals surface area contributed by atoms with Gasteiger partial charge in [-0.25, -0.2) is 13.4 Å². The monoisotopic (exact) mass is 619 g/mol. The lowest BCUT2D eigenvalue weighted by Crippen LogP contribution is -2.48. The molecule has 8 nitrogen and oxygen atoms in total. The highest BCUT2D eigenvalue weighted by Crippen LogP contribution is 2.32. The number of nitrogens with zero attached hydrogens (tertiary/aromatic N) is 3. The molecule has 1 aliphatic heterocycles. The zero-order valence-electron chi connectivity index (χ0n) is 22.2. The fourth-order valence-corrected chi connectivity index (χ4v) is 6.89. The second-order valence-electron chi connectivity index (χ2n) is 9.65. The molecule has 212 valence electrons. The van der Waals surface area contributed by atoms with Crippen molar-refractivity contribution >= 4 is 72.3 Å². The molecule has 5 rings (SSSR count). The lowest BCUT2D eigenvalue weighted by atomic mass is 10.1. The number of sulfonamides is 1. The van der Waals surface area contributed by atoms with Gasteiger partial charge in [-0.2, -0.15) is 0 Å². The van der Waals surface area contributed by atoms with Crippen molar-refractivity contribution in [3.05, 3.63) is 82.4 Å². The highest BCUT2D eigenvalue weighted by molar-refractivity contribution is 7.92. The molecule has 3 aromatic carbocycles. The largest absolute Gasteiger partial charge is 0.351 e. The smallest absolute Gasteiger partial charge is 0.261 e. The van der Waals surface area contributed by atoms with Gasteiger partial charge in [0.15, 0.2) is 5.13 Å². The Morgan fingerprint density at radius 3 is 2.48 bits per heavy atom. The zero-order chi connectivity index (χ0) is 27.6. The molecule has 0 atom stereocenters. The van der Waals surface area contributed by atoms with Crippen LogP contribution in [0.15, 0.2) is 65.6 Å². The van der Waals surface area contributed by atoms with E-state index >= 15 is 0 Å². The third kappa shape index (κ3) is 7.05. The maximum absolute atomic E-state index is 12.7. The number of fused-ring (bicyclic) bond motifs is 1. The number of hydrogen-bond acceptors (Lipinski definition) is 7. The van der Waals surface area contributed by atoms with Crippen LogP contribution >= 0.6 is 35.3 Å². The van der Waals surface area contributed by atoms with Gasteiger partial charge < -0.3 is 10.2 Å². The molecule has 0 radical (unpaired) electrons. The van der Waals surface area contributed by atoms with Crippen LogP contribution in [0, 0.1) is 13.8 Å². The summed E-state index contributed by atoms with van der Waals surface area (Å²) in [6.07, 6.45) is 0. The minimum absolute atomic E-state index is 0. The molecule has 1 saturated heterocycles. The van der Waals surface area contributed by atoms with Crippen LogP contribution in [0.2, 0.25) is 5.02 Å². The first kappa shape index (κ1) is 30.1. The molecule has 40 heavy (non-hydrogen) atoms. The summed E-state index contributed by atoms with van der Waals surface area (Å²) in [5, 5.41) is 4.47. The summed E-state index contributed by atoms with van der Waals surface area (Å²) < 4.78 is 29.1. The van der Waals surface area contributed by atoms with Gasteiger partial charge in [0.05, 0.1) is 15.1 Å². The number of aromatic nitrogens is 1. The number of amides is 1. The van der Waals surface area contributed by atoms with Crippen molar-refractivity contribution in [1.29, 1.82) is 0 Å². The average Bonchev–Trinajstić information content (AvgIpc) is 3.34. The Labute approximate surface area is 249 Å². The number of nitrogens with one attached hydrogen (secondary N) is 2. The molecule has 1 amide bonds. The van der Waals surface area contributed by atoms with Crippen LogP contribution in [-0.4, -0.2) is 63.5 Å². The van der Waals surface area contributed by atoms with Gasteiger partial charge in [-0.1, -0.05) is 35.1 Å². The van der Waals surface area contributed by atoms with Crippen LogP contribution < -0.4 is 14.9 Å². The number of benzene rings is 3. The summed E-state index contributed by atoms with van der Waals surface area (Å²) in [5.74, 6) is -0.249. The first-order valence-corrected chi connectivity index (χ1v) is 15.4. The third-order valence-corrected chi connectivity index (χ3v) is 9.58. The first-order valence-electron chi connectivity index (χ1n) is 12.7. The van der Waals surface area contributed by atoms with Gasteiger partial charge in [0, 0.05) is 55.5 Å². The molecule has 4 aromatic rings. The van der Waals surface area contributed by atoms with E-state index in [2.05, 4.69) is 45.8 Å². The SMILES string of the molecule is Cc1cc(C)c2sc(N3CCN(CCNC(=O)c4cccc(NS(=O)(=O)c5ccc(Cl)cc5)c4)CC3)nc2c1.Cl. The van der Waals surface area contributed by atoms with Crippen LogP contribution in [0.4, 0.5) is 10.8 Å². The normalized spacial score (nSPS) is 14.1. The fourth-order valence-electron chi connectivity index (χ4n) is 4.64. The second-order valence-corrected chi connectivity index (χ2v) is 12.7. The Kier molecular flexibility index (Phi) is 9.58. The van der Waals surface area contributed by atoms with Gasteiger partial charge >= 0.3 is 0 Å². The van der Waals surface area contributed by atoms with Crippen molar-refractivity contribution in [2.45, 2.75) is 18.7 Å². The third-order valence-electron chi connectivity index (χ3n) is 6.67. The molecule has 2 N–H and O–H groups in total. The molecule has 1 aliphatic rings. The van der Waals surface area contributed by atoms with E-state index in [4.69, 9.17) is 16.6 Å². The number of rotatable bonds is 8. The quantitative estimate of drug-likeness (QED) is 0.276. The standard InChI is InChI=1S/C28H30ClN5O3S2.ClH/c1-19-16-20(2)26-25(17-19)31-28(38-26)34-14-12-33(13-15-34)11-10-30-27(35)21-4-3-5-23(18-21)32-39(36,37)24-8-6-22(29)7-9-24;/h3-9,16-18,32H,10-15H2,1-2H3,(H,30,35);1H. The summed E-state index contributed by atoms with van der Waals surface area (Å²) in [7, 11) is -3.80. The number of carbonyl (C=O) groups excluding carboxylic acids is 1. The second kappa shape index (κ2) is 12.7. The van der Waals surface area contributed by atoms with Gasteiger partial charge in [0.2, 0.25) is 0 Å². The number of thiazole rings is 1. The number of piperazine rings is 1. The van der Waals surface area contributed by atoms with Crippen LogP contribution in [-0.2, 0) is 10.0 Å². The summed E-state index contributed by atoms with van der Waals surface area (Å²) in [6, 6.07) is 16.7.